The highest BCUT2D eigenvalue weighted by molar-refractivity contribution is 6.06. The summed E-state index contributed by atoms with van der Waals surface area (Å²) in [5, 5.41) is 19.1. The van der Waals surface area contributed by atoms with Crippen molar-refractivity contribution in [2.75, 3.05) is 0 Å². The number of rotatable bonds is 0. The molecular weight excluding hydrogens is 548 g/mol. The van der Waals surface area contributed by atoms with Crippen LogP contribution in [0.5, 0.6) is 0 Å². The Morgan fingerprint density at radius 3 is 1.26 bits per heavy atom. The van der Waals surface area contributed by atoms with E-state index in [0.717, 1.165) is 24.3 Å². The van der Waals surface area contributed by atoms with Crippen LogP contribution in [0.3, 0.4) is 0 Å². The minimum atomic E-state index is -1.12. The van der Waals surface area contributed by atoms with Gasteiger partial charge in [-0.2, -0.15) is 0 Å². The molecular formula is C30H6F4N8. The Labute approximate surface area is 232 Å². The molecule has 8 nitrogen and oxygen atoms in total. The van der Waals surface area contributed by atoms with Gasteiger partial charge < -0.3 is 0 Å². The summed E-state index contributed by atoms with van der Waals surface area (Å²) in [6, 6.07) is 10.5. The van der Waals surface area contributed by atoms with Gasteiger partial charge in [0, 0.05) is 22.3 Å². The molecule has 2 aliphatic carbocycles. The van der Waals surface area contributed by atoms with Gasteiger partial charge in [0.25, 0.3) is 11.4 Å². The molecule has 0 radical (unpaired) electrons. The molecule has 42 heavy (non-hydrogen) atoms. The molecule has 2 aromatic heterocycles. The van der Waals surface area contributed by atoms with Gasteiger partial charge in [0.1, 0.15) is 33.7 Å². The number of fused-ring (bicyclic) bond motifs is 8. The van der Waals surface area contributed by atoms with E-state index in [2.05, 4.69) is 29.6 Å². The fraction of sp³-hybridized carbons (Fsp3) is 0. The van der Waals surface area contributed by atoms with Gasteiger partial charge in [-0.05, 0) is 47.5 Å². The highest BCUT2D eigenvalue weighted by atomic mass is 19.1. The minimum Gasteiger partial charge on any atom is -0.242 e. The molecule has 0 saturated heterocycles. The van der Waals surface area contributed by atoms with Crippen molar-refractivity contribution in [2.24, 2.45) is 0 Å². The average molecular weight is 554 g/mol. The first-order valence-electron chi connectivity index (χ1n) is 11.9. The van der Waals surface area contributed by atoms with Crippen LogP contribution in [0, 0.1) is 59.1 Å². The molecule has 5 aromatic rings. The van der Waals surface area contributed by atoms with Crippen LogP contribution in [0.1, 0.15) is 22.5 Å². The van der Waals surface area contributed by atoms with Crippen LogP contribution in [-0.2, 0) is 0 Å². The quantitative estimate of drug-likeness (QED) is 0.0917. The average Bonchev–Trinajstić information content (AvgIpc) is 3.47. The maximum atomic E-state index is 16.1. The van der Waals surface area contributed by atoms with E-state index in [1.807, 2.05) is 0 Å². The Balaban J connectivity index is 1.61. The van der Waals surface area contributed by atoms with E-state index in [1.165, 1.54) is 12.1 Å². The molecule has 0 fully saturated rings. The number of hydrogen-bond acceptors (Lipinski definition) is 6. The smallest absolute Gasteiger partial charge is 0.242 e. The van der Waals surface area contributed by atoms with E-state index in [4.69, 9.17) is 13.1 Å². The highest BCUT2D eigenvalue weighted by Gasteiger charge is 2.35. The first-order valence-corrected chi connectivity index (χ1v) is 11.9. The maximum Gasteiger partial charge on any atom is 0.271 e. The monoisotopic (exact) mass is 554 g/mol. The standard InChI is InChI=1S/C30H6F4N8/c1-37-17(9-35)19-15-7-11(31)3-5-13(15)23-25(19)41-29-21(33)28-30(22(34)27(29)39-23)42-26-20(18(10-36)38-2)16-8-12(32)4-6-14(16)24(26)40-28/h3-8H/b19-17-,20-18+. The molecule has 7 rings (SSSR count). The molecule has 0 bridgehead atoms. The third kappa shape index (κ3) is 3.06. The van der Waals surface area contributed by atoms with Crippen LogP contribution in [0.4, 0.5) is 17.6 Å². The predicted octanol–water partition coefficient (Wildman–Crippen LogP) is 6.49. The maximum absolute atomic E-state index is 16.1. The number of aromatic nitrogens is 4. The van der Waals surface area contributed by atoms with E-state index in [9.17, 15) is 19.3 Å². The third-order valence-electron chi connectivity index (χ3n) is 7.02. The van der Waals surface area contributed by atoms with Crippen molar-refractivity contribution in [2.45, 2.75) is 0 Å². The van der Waals surface area contributed by atoms with Gasteiger partial charge >= 0.3 is 0 Å². The first-order chi connectivity index (χ1) is 20.3. The van der Waals surface area contributed by atoms with Gasteiger partial charge in [0.15, 0.2) is 11.6 Å². The van der Waals surface area contributed by atoms with E-state index < -0.39 is 56.7 Å². The molecule has 0 saturated carbocycles. The second kappa shape index (κ2) is 8.50. The van der Waals surface area contributed by atoms with Crippen LogP contribution in [0.15, 0.2) is 47.8 Å². The Kier molecular flexibility index (Phi) is 4.96. The Morgan fingerprint density at radius 2 is 0.929 bits per heavy atom. The van der Waals surface area contributed by atoms with Crippen molar-refractivity contribution in [3.05, 3.63) is 116 Å². The topological polar surface area (TPSA) is 108 Å². The fourth-order valence-electron chi connectivity index (χ4n) is 5.30. The van der Waals surface area contributed by atoms with E-state index in [1.54, 1.807) is 12.1 Å². The largest absolute Gasteiger partial charge is 0.271 e. The van der Waals surface area contributed by atoms with Crippen molar-refractivity contribution in [3.8, 4) is 34.7 Å². The van der Waals surface area contributed by atoms with Gasteiger partial charge in [0.2, 0.25) is 0 Å². The summed E-state index contributed by atoms with van der Waals surface area (Å²) in [4.78, 5) is 23.5. The number of hydrogen-bond donors (Lipinski definition) is 0. The van der Waals surface area contributed by atoms with Crippen molar-refractivity contribution in [1.82, 2.24) is 19.9 Å². The first kappa shape index (κ1) is 24.5. The van der Waals surface area contributed by atoms with Gasteiger partial charge in [-0.3, -0.25) is 0 Å². The third-order valence-corrected chi connectivity index (χ3v) is 7.02. The number of allylic oxidation sites excluding steroid dienone is 2. The minimum absolute atomic E-state index is 0.00101. The van der Waals surface area contributed by atoms with Gasteiger partial charge in [-0.25, -0.2) is 57.7 Å². The predicted molar refractivity (Wildman–Crippen MR) is 140 cm³/mol. The van der Waals surface area contributed by atoms with E-state index >= 15 is 8.78 Å². The lowest BCUT2D eigenvalue weighted by Gasteiger charge is -2.10. The Hall–Kier alpha value is -6.50. The van der Waals surface area contributed by atoms with Crippen LogP contribution >= 0.6 is 0 Å². The second-order valence-corrected chi connectivity index (χ2v) is 9.14. The molecule has 2 heterocycles. The zero-order chi connectivity index (χ0) is 29.4. The summed E-state index contributed by atoms with van der Waals surface area (Å²) in [5.74, 6) is -3.59. The zero-order valence-corrected chi connectivity index (χ0v) is 20.6. The Bertz CT molecular complexity index is 2200. The summed E-state index contributed by atoms with van der Waals surface area (Å²) in [5.41, 5.74) is -2.74. The highest BCUT2D eigenvalue weighted by Crippen LogP contribution is 2.48. The van der Waals surface area contributed by atoms with E-state index in [-0.39, 0.29) is 56.2 Å². The van der Waals surface area contributed by atoms with Crippen LogP contribution in [-0.4, -0.2) is 19.9 Å². The number of benzene rings is 3. The van der Waals surface area contributed by atoms with Crippen LogP contribution in [0.25, 0.3) is 65.4 Å². The molecule has 3 aromatic carbocycles. The molecule has 12 heteroatoms. The van der Waals surface area contributed by atoms with Gasteiger partial charge in [-0.15, -0.1) is 0 Å². The number of nitrogens with zero attached hydrogens (tertiary/aromatic N) is 8. The SMILES string of the molecule is [C-]#[N+]/C(C#N)=C1/c2cc(F)ccc2-c2nc3c(F)c4nc5c(nc4c(F)c3nc21)-c1ccc(F)cc1/C5=C(/C#N)[N+]#[C-]. The van der Waals surface area contributed by atoms with Crippen molar-refractivity contribution >= 4 is 33.2 Å². The summed E-state index contributed by atoms with van der Waals surface area (Å²) in [6.45, 7) is 14.8. The Morgan fingerprint density at radius 1 is 0.571 bits per heavy atom. The molecule has 0 spiro atoms. The van der Waals surface area contributed by atoms with Crippen molar-refractivity contribution < 1.29 is 17.6 Å². The number of halogens is 4. The van der Waals surface area contributed by atoms with Crippen molar-refractivity contribution in [3.63, 3.8) is 0 Å². The summed E-state index contributed by atoms with van der Waals surface area (Å²) >= 11 is 0. The molecule has 0 amide bonds. The molecule has 0 atom stereocenters. The zero-order valence-electron chi connectivity index (χ0n) is 20.6. The molecule has 194 valence electrons. The lowest BCUT2D eigenvalue weighted by atomic mass is 10.0. The van der Waals surface area contributed by atoms with Gasteiger partial charge in [0.05, 0.1) is 48.1 Å². The van der Waals surface area contributed by atoms with Crippen molar-refractivity contribution in [1.29, 1.82) is 10.5 Å². The van der Waals surface area contributed by atoms with Crippen LogP contribution in [0.2, 0.25) is 0 Å². The van der Waals surface area contributed by atoms with E-state index in [0.29, 0.717) is 0 Å². The lowest BCUT2D eigenvalue weighted by molar-refractivity contribution is 0.625. The molecule has 0 N–H and O–H groups in total. The van der Waals surface area contributed by atoms with Gasteiger partial charge in [-0.1, -0.05) is 0 Å². The lowest BCUT2D eigenvalue weighted by Crippen LogP contribution is -2.03. The summed E-state index contributed by atoms with van der Waals surface area (Å²) in [6.07, 6.45) is 0. The fourth-order valence-corrected chi connectivity index (χ4v) is 5.30. The normalized spacial score (nSPS) is 14.7. The summed E-state index contributed by atoms with van der Waals surface area (Å²) < 4.78 is 60.7. The molecule has 0 unspecified atom stereocenters. The molecule has 0 aliphatic heterocycles. The van der Waals surface area contributed by atoms with Crippen LogP contribution < -0.4 is 0 Å². The summed E-state index contributed by atoms with van der Waals surface area (Å²) in [7, 11) is 0. The number of nitriles is 2. The second-order valence-electron chi connectivity index (χ2n) is 9.14. The molecule has 2 aliphatic rings.